The summed E-state index contributed by atoms with van der Waals surface area (Å²) in [5, 5.41) is 6.87. The molecule has 0 saturated carbocycles. The lowest BCUT2D eigenvalue weighted by Crippen LogP contribution is -2.54. The van der Waals surface area contributed by atoms with E-state index in [1.54, 1.807) is 0 Å². The van der Waals surface area contributed by atoms with Gasteiger partial charge in [0.25, 0.3) is 0 Å². The first-order valence-corrected chi connectivity index (χ1v) is 4.89. The molecule has 0 aliphatic carbocycles. The summed E-state index contributed by atoms with van der Waals surface area (Å²) in [7, 11) is 0. The average molecular weight is 246 g/mol. The van der Waals surface area contributed by atoms with Gasteiger partial charge in [-0.05, 0) is 6.42 Å². The lowest BCUT2D eigenvalue weighted by Gasteiger charge is -2.23. The van der Waals surface area contributed by atoms with Gasteiger partial charge in [-0.1, -0.05) is 0 Å². The van der Waals surface area contributed by atoms with Gasteiger partial charge < -0.3 is 5.32 Å². The van der Waals surface area contributed by atoms with Crippen molar-refractivity contribution in [2.75, 3.05) is 13.2 Å². The highest BCUT2D eigenvalue weighted by atomic mass is 19.1. The van der Waals surface area contributed by atoms with E-state index in [2.05, 4.69) is 10.6 Å². The molecule has 1 rings (SSSR count). The second kappa shape index (κ2) is 5.87. The lowest BCUT2D eigenvalue weighted by molar-refractivity contribution is -0.134. The topological polar surface area (TPSA) is 108 Å². The number of halogens is 1. The Kier molecular flexibility index (Phi) is 4.49. The second-order valence-corrected chi connectivity index (χ2v) is 3.35. The van der Waals surface area contributed by atoms with Crippen molar-refractivity contribution in [3.63, 3.8) is 0 Å². The maximum Gasteiger partial charge on any atom is 0.341 e. The highest BCUT2D eigenvalue weighted by molar-refractivity contribution is 6.01. The predicted octanol–water partition coefficient (Wildman–Crippen LogP) is -0.546. The number of hydrogen-bond donors (Lipinski definition) is 2. The molecule has 0 aromatic heterocycles. The van der Waals surface area contributed by atoms with Gasteiger partial charge in [-0.25, -0.2) is 9.18 Å². The molecule has 1 fully saturated rings. The highest BCUT2D eigenvalue weighted by Crippen LogP contribution is 2.05. The number of imide groups is 1. The average Bonchev–Trinajstić information content (AvgIpc) is 2.29. The fraction of sp³-hybridized carbons (Fsp3) is 0.625. The van der Waals surface area contributed by atoms with Crippen LogP contribution in [0, 0.1) is 4.91 Å². The maximum absolute atomic E-state index is 12.0. The first-order valence-electron chi connectivity index (χ1n) is 4.89. The van der Waals surface area contributed by atoms with Crippen LogP contribution in [0.25, 0.3) is 0 Å². The van der Waals surface area contributed by atoms with Gasteiger partial charge in [0.15, 0.2) is 0 Å². The van der Waals surface area contributed by atoms with Crippen LogP contribution in [-0.4, -0.2) is 42.1 Å². The number of urea groups is 1. The number of nitrogens with one attached hydrogen (secondary N) is 2. The molecule has 1 saturated heterocycles. The Morgan fingerprint density at radius 2 is 2.29 bits per heavy atom. The minimum Gasteiger partial charge on any atom is -0.325 e. The molecule has 0 aromatic rings. The number of hydrogen-bond acceptors (Lipinski definition) is 5. The van der Waals surface area contributed by atoms with Gasteiger partial charge in [0.2, 0.25) is 11.8 Å². The van der Waals surface area contributed by atoms with Crippen molar-refractivity contribution >= 4 is 17.8 Å². The molecular formula is C8H11FN4O4. The molecule has 0 aromatic carbocycles. The second-order valence-electron chi connectivity index (χ2n) is 3.35. The Hall–Kier alpha value is -2.06. The van der Waals surface area contributed by atoms with Crippen molar-refractivity contribution in [3.05, 3.63) is 4.91 Å². The van der Waals surface area contributed by atoms with E-state index < -0.39 is 37.1 Å². The number of nitrogens with zero attached hydrogens (tertiary/aromatic N) is 2. The molecule has 1 atom stereocenters. The quantitative estimate of drug-likeness (QED) is 0.394. The van der Waals surface area contributed by atoms with Crippen LogP contribution in [0.2, 0.25) is 0 Å². The van der Waals surface area contributed by atoms with Crippen LogP contribution >= 0.6 is 0 Å². The lowest BCUT2D eigenvalue weighted by atomic mass is 10.1. The van der Waals surface area contributed by atoms with E-state index >= 15 is 0 Å². The van der Waals surface area contributed by atoms with Gasteiger partial charge in [0, 0.05) is 6.42 Å². The molecule has 0 unspecified atom stereocenters. The Labute approximate surface area is 95.5 Å². The molecule has 0 spiro atoms. The number of carbonyl (C=O) groups is 3. The van der Waals surface area contributed by atoms with E-state index in [0.717, 1.165) is 0 Å². The van der Waals surface area contributed by atoms with Crippen molar-refractivity contribution in [2.45, 2.75) is 18.9 Å². The Morgan fingerprint density at radius 1 is 1.59 bits per heavy atom. The summed E-state index contributed by atoms with van der Waals surface area (Å²) in [6, 6.07) is -1.88. The normalized spacial score (nSPS) is 19.5. The van der Waals surface area contributed by atoms with Crippen molar-refractivity contribution < 1.29 is 18.8 Å². The van der Waals surface area contributed by atoms with Crippen molar-refractivity contribution in [3.8, 4) is 0 Å². The Balaban J connectivity index is 2.53. The molecule has 4 amide bonds. The summed E-state index contributed by atoms with van der Waals surface area (Å²) < 4.78 is 12.0. The molecule has 17 heavy (non-hydrogen) atoms. The molecule has 0 radical (unpaired) electrons. The summed E-state index contributed by atoms with van der Waals surface area (Å²) in [4.78, 5) is 43.6. The summed E-state index contributed by atoms with van der Waals surface area (Å²) in [6.07, 6.45) is 0.229. The molecule has 2 N–H and O–H groups in total. The summed E-state index contributed by atoms with van der Waals surface area (Å²) >= 11 is 0. The summed E-state index contributed by atoms with van der Waals surface area (Å²) in [5.41, 5.74) is 0. The number of rotatable bonds is 4. The minimum absolute atomic E-state index is 0.0916. The third kappa shape index (κ3) is 3.47. The zero-order valence-electron chi connectivity index (χ0n) is 8.81. The monoisotopic (exact) mass is 246 g/mol. The third-order valence-electron chi connectivity index (χ3n) is 2.17. The van der Waals surface area contributed by atoms with Crippen LogP contribution in [0.4, 0.5) is 9.18 Å². The molecule has 94 valence electrons. The molecule has 9 heteroatoms. The number of piperidine rings is 1. The zero-order valence-corrected chi connectivity index (χ0v) is 8.81. The molecule has 1 heterocycles. The third-order valence-corrected chi connectivity index (χ3v) is 2.17. The van der Waals surface area contributed by atoms with Crippen LogP contribution in [0.5, 0.6) is 0 Å². The van der Waals surface area contributed by atoms with Gasteiger partial charge in [-0.15, -0.1) is 4.91 Å². The van der Waals surface area contributed by atoms with E-state index in [4.69, 9.17) is 0 Å². The van der Waals surface area contributed by atoms with Gasteiger partial charge in [-0.3, -0.25) is 14.9 Å². The fourth-order valence-corrected chi connectivity index (χ4v) is 1.31. The number of nitroso groups, excluding NO2 is 1. The smallest absolute Gasteiger partial charge is 0.325 e. The number of alkyl halides is 1. The van der Waals surface area contributed by atoms with Gasteiger partial charge in [0.1, 0.15) is 12.7 Å². The van der Waals surface area contributed by atoms with Crippen LogP contribution in [0.15, 0.2) is 5.29 Å². The van der Waals surface area contributed by atoms with Crippen molar-refractivity contribution in [2.24, 2.45) is 5.29 Å². The first kappa shape index (κ1) is 13.0. The van der Waals surface area contributed by atoms with Crippen molar-refractivity contribution in [1.29, 1.82) is 0 Å². The molecule has 1 aliphatic heterocycles. The largest absolute Gasteiger partial charge is 0.341 e. The zero-order chi connectivity index (χ0) is 12.8. The van der Waals surface area contributed by atoms with Crippen LogP contribution in [0.3, 0.4) is 0 Å². The highest BCUT2D eigenvalue weighted by Gasteiger charge is 2.29. The van der Waals surface area contributed by atoms with E-state index in [9.17, 15) is 23.7 Å². The van der Waals surface area contributed by atoms with E-state index in [1.165, 1.54) is 0 Å². The van der Waals surface area contributed by atoms with Crippen LogP contribution in [-0.2, 0) is 9.59 Å². The molecule has 0 bridgehead atoms. The van der Waals surface area contributed by atoms with E-state index in [0.29, 0.717) is 5.01 Å². The number of amides is 4. The van der Waals surface area contributed by atoms with Crippen LogP contribution in [0.1, 0.15) is 12.8 Å². The van der Waals surface area contributed by atoms with Crippen molar-refractivity contribution in [1.82, 2.24) is 15.6 Å². The Bertz CT molecular complexity index is 348. The maximum atomic E-state index is 12.0. The van der Waals surface area contributed by atoms with E-state index in [1.807, 2.05) is 5.32 Å². The van der Waals surface area contributed by atoms with Crippen LogP contribution < -0.4 is 10.6 Å². The Morgan fingerprint density at radius 3 is 2.82 bits per heavy atom. The SMILES string of the molecule is O=NN(CCF)C(=O)N[C@@H]1CCC(=O)NC1=O. The standard InChI is InChI=1S/C8H11FN4O4/c9-3-4-13(12-17)8(16)10-5-1-2-6(14)11-7(5)15/h5H,1-4H2,(H,10,16)(H,11,14,15)/t5-/m1/s1. The predicted molar refractivity (Wildman–Crippen MR) is 53.2 cm³/mol. The summed E-state index contributed by atoms with van der Waals surface area (Å²) in [5.74, 6) is -1.07. The molecular weight excluding hydrogens is 235 g/mol. The molecule has 1 aliphatic rings. The van der Waals surface area contributed by atoms with E-state index in [-0.39, 0.29) is 12.8 Å². The summed E-state index contributed by atoms with van der Waals surface area (Å²) in [6.45, 7) is -1.41. The van der Waals surface area contributed by atoms with Gasteiger partial charge in [0.05, 0.1) is 11.8 Å². The minimum atomic E-state index is -0.966. The fourth-order valence-electron chi connectivity index (χ4n) is 1.31. The van der Waals surface area contributed by atoms with Gasteiger partial charge in [-0.2, -0.15) is 5.01 Å². The first-order chi connectivity index (χ1) is 8.08. The number of carbonyl (C=O) groups excluding carboxylic acids is 3. The van der Waals surface area contributed by atoms with Gasteiger partial charge >= 0.3 is 6.03 Å². The molecule has 8 nitrogen and oxygen atoms in total.